The van der Waals surface area contributed by atoms with Crippen molar-refractivity contribution in [2.75, 3.05) is 0 Å². The first-order valence-corrected chi connectivity index (χ1v) is 4.02. The Labute approximate surface area is 75.6 Å². The second kappa shape index (κ2) is 2.91. The molecule has 1 aromatic carbocycles. The smallest absolute Gasteiger partial charge is 0.192 e. The van der Waals surface area contributed by atoms with Crippen LogP contribution in [0, 0.1) is 18.3 Å². The normalized spacial score (nSPS) is 10.2. The van der Waals surface area contributed by atoms with Crippen molar-refractivity contribution in [3.8, 4) is 6.07 Å². The summed E-state index contributed by atoms with van der Waals surface area (Å²) >= 11 is 0. The average Bonchev–Trinajstić information content (AvgIpc) is 2.44. The summed E-state index contributed by atoms with van der Waals surface area (Å²) in [5.41, 5.74) is 2.58. The van der Waals surface area contributed by atoms with Crippen molar-refractivity contribution in [1.29, 1.82) is 5.26 Å². The number of nitriles is 1. The molecule has 3 heteroatoms. The zero-order chi connectivity index (χ0) is 9.26. The van der Waals surface area contributed by atoms with Crippen LogP contribution in [0.1, 0.15) is 11.5 Å². The molecule has 0 aliphatic carbocycles. The Balaban J connectivity index is 2.56. The fourth-order valence-corrected chi connectivity index (χ4v) is 1.29. The van der Waals surface area contributed by atoms with E-state index in [0.29, 0.717) is 12.3 Å². The van der Waals surface area contributed by atoms with E-state index in [0.717, 1.165) is 16.7 Å². The fourth-order valence-electron chi connectivity index (χ4n) is 1.29. The van der Waals surface area contributed by atoms with Crippen LogP contribution in [0.2, 0.25) is 0 Å². The van der Waals surface area contributed by atoms with Gasteiger partial charge >= 0.3 is 0 Å². The van der Waals surface area contributed by atoms with Crippen molar-refractivity contribution in [2.24, 2.45) is 0 Å². The van der Waals surface area contributed by atoms with Crippen molar-refractivity contribution < 1.29 is 4.42 Å². The van der Waals surface area contributed by atoms with Crippen LogP contribution in [0.5, 0.6) is 0 Å². The molecule has 0 fully saturated rings. The van der Waals surface area contributed by atoms with E-state index in [9.17, 15) is 0 Å². The molecule has 1 aromatic heterocycles. The van der Waals surface area contributed by atoms with Crippen molar-refractivity contribution >= 4 is 11.1 Å². The Kier molecular flexibility index (Phi) is 1.75. The Morgan fingerprint density at radius 2 is 2.38 bits per heavy atom. The highest BCUT2D eigenvalue weighted by Crippen LogP contribution is 2.16. The van der Waals surface area contributed by atoms with Crippen molar-refractivity contribution in [2.45, 2.75) is 13.3 Å². The Morgan fingerprint density at radius 1 is 1.54 bits per heavy atom. The lowest BCUT2D eigenvalue weighted by atomic mass is 10.1. The molecule has 0 bridgehead atoms. The van der Waals surface area contributed by atoms with E-state index in [1.165, 1.54) is 0 Å². The van der Waals surface area contributed by atoms with Gasteiger partial charge in [0.15, 0.2) is 11.5 Å². The van der Waals surface area contributed by atoms with Gasteiger partial charge in [-0.1, -0.05) is 6.07 Å². The standard InChI is InChI=1S/C10H8N2O/c1-7-12-9-6-8(4-5-11)2-3-10(9)13-7/h2-3,6H,4H2,1H3. The van der Waals surface area contributed by atoms with Crippen molar-refractivity contribution in [3.05, 3.63) is 29.7 Å². The molecule has 3 nitrogen and oxygen atoms in total. The van der Waals surface area contributed by atoms with E-state index in [2.05, 4.69) is 11.1 Å². The predicted molar refractivity (Wildman–Crippen MR) is 48.1 cm³/mol. The van der Waals surface area contributed by atoms with Crippen LogP contribution >= 0.6 is 0 Å². The van der Waals surface area contributed by atoms with Gasteiger partial charge in [-0.15, -0.1) is 0 Å². The first kappa shape index (κ1) is 7.81. The molecule has 0 spiro atoms. The number of hydrogen-bond donors (Lipinski definition) is 0. The van der Waals surface area contributed by atoms with Gasteiger partial charge in [0, 0.05) is 6.92 Å². The molecule has 0 saturated heterocycles. The molecule has 0 aliphatic rings. The number of oxazole rings is 1. The van der Waals surface area contributed by atoms with Gasteiger partial charge in [-0.2, -0.15) is 5.26 Å². The predicted octanol–water partition coefficient (Wildman–Crippen LogP) is 2.20. The van der Waals surface area contributed by atoms with E-state index in [-0.39, 0.29) is 0 Å². The summed E-state index contributed by atoms with van der Waals surface area (Å²) in [6, 6.07) is 7.72. The van der Waals surface area contributed by atoms with Crippen molar-refractivity contribution in [1.82, 2.24) is 4.98 Å². The topological polar surface area (TPSA) is 49.8 Å². The number of aromatic nitrogens is 1. The average molecular weight is 172 g/mol. The van der Waals surface area contributed by atoms with Gasteiger partial charge in [0.25, 0.3) is 0 Å². The molecule has 2 aromatic rings. The van der Waals surface area contributed by atoms with Crippen LogP contribution in [0.4, 0.5) is 0 Å². The second-order valence-corrected chi connectivity index (χ2v) is 2.87. The third kappa shape index (κ3) is 1.38. The molecule has 0 aliphatic heterocycles. The van der Waals surface area contributed by atoms with E-state index >= 15 is 0 Å². The lowest BCUT2D eigenvalue weighted by Gasteiger charge is -1.91. The minimum atomic E-state index is 0.418. The fraction of sp³-hybridized carbons (Fsp3) is 0.200. The van der Waals surface area contributed by atoms with Gasteiger partial charge in [-0.05, 0) is 17.7 Å². The van der Waals surface area contributed by atoms with Gasteiger partial charge in [0.2, 0.25) is 0 Å². The van der Waals surface area contributed by atoms with Crippen LogP contribution in [0.3, 0.4) is 0 Å². The summed E-state index contributed by atoms with van der Waals surface area (Å²) in [4.78, 5) is 4.18. The Morgan fingerprint density at radius 3 is 3.15 bits per heavy atom. The molecular weight excluding hydrogens is 164 g/mol. The molecule has 0 radical (unpaired) electrons. The summed E-state index contributed by atoms with van der Waals surface area (Å²) in [5, 5.41) is 8.50. The molecule has 2 rings (SSSR count). The highest BCUT2D eigenvalue weighted by molar-refractivity contribution is 5.73. The number of hydrogen-bond acceptors (Lipinski definition) is 3. The summed E-state index contributed by atoms with van der Waals surface area (Å²) in [6.45, 7) is 1.81. The minimum Gasteiger partial charge on any atom is -0.441 e. The van der Waals surface area contributed by atoms with E-state index in [1.807, 2.05) is 25.1 Å². The van der Waals surface area contributed by atoms with E-state index < -0.39 is 0 Å². The quantitative estimate of drug-likeness (QED) is 0.662. The zero-order valence-electron chi connectivity index (χ0n) is 7.24. The maximum atomic E-state index is 8.50. The molecular formula is C10H8N2O. The van der Waals surface area contributed by atoms with Gasteiger partial charge in [-0.3, -0.25) is 0 Å². The molecule has 0 saturated carbocycles. The number of benzene rings is 1. The molecule has 0 amide bonds. The number of rotatable bonds is 1. The van der Waals surface area contributed by atoms with Crippen LogP contribution < -0.4 is 0 Å². The summed E-state index contributed by atoms with van der Waals surface area (Å²) in [6.07, 6.45) is 0.418. The molecule has 0 N–H and O–H groups in total. The maximum absolute atomic E-state index is 8.50. The zero-order valence-corrected chi connectivity index (χ0v) is 7.24. The molecule has 0 unspecified atom stereocenters. The summed E-state index contributed by atoms with van der Waals surface area (Å²) in [7, 11) is 0. The summed E-state index contributed by atoms with van der Waals surface area (Å²) < 4.78 is 5.31. The Hall–Kier alpha value is -1.82. The first-order valence-electron chi connectivity index (χ1n) is 4.02. The van der Waals surface area contributed by atoms with E-state index in [1.54, 1.807) is 0 Å². The SMILES string of the molecule is Cc1nc2cc(CC#N)ccc2o1. The van der Waals surface area contributed by atoms with Gasteiger partial charge < -0.3 is 4.42 Å². The lowest BCUT2D eigenvalue weighted by molar-refractivity contribution is 0.561. The van der Waals surface area contributed by atoms with Gasteiger partial charge in [0.05, 0.1) is 12.5 Å². The molecule has 13 heavy (non-hydrogen) atoms. The van der Waals surface area contributed by atoms with Crippen LogP contribution in [0.15, 0.2) is 22.6 Å². The summed E-state index contributed by atoms with van der Waals surface area (Å²) in [5.74, 6) is 0.657. The first-order chi connectivity index (χ1) is 6.29. The maximum Gasteiger partial charge on any atom is 0.192 e. The Bertz CT molecular complexity index is 479. The molecule has 1 heterocycles. The molecule has 64 valence electrons. The second-order valence-electron chi connectivity index (χ2n) is 2.87. The number of nitrogens with zero attached hydrogens (tertiary/aromatic N) is 2. The van der Waals surface area contributed by atoms with E-state index in [4.69, 9.17) is 9.68 Å². The third-order valence-corrected chi connectivity index (χ3v) is 1.84. The van der Waals surface area contributed by atoms with Crippen LogP contribution in [0.25, 0.3) is 11.1 Å². The number of fused-ring (bicyclic) bond motifs is 1. The molecule has 0 atom stereocenters. The van der Waals surface area contributed by atoms with Gasteiger partial charge in [-0.25, -0.2) is 4.98 Å². The van der Waals surface area contributed by atoms with Crippen LogP contribution in [-0.4, -0.2) is 4.98 Å². The van der Waals surface area contributed by atoms with Crippen LogP contribution in [-0.2, 0) is 6.42 Å². The lowest BCUT2D eigenvalue weighted by Crippen LogP contribution is -1.80. The minimum absolute atomic E-state index is 0.418. The largest absolute Gasteiger partial charge is 0.441 e. The highest BCUT2D eigenvalue weighted by atomic mass is 16.3. The highest BCUT2D eigenvalue weighted by Gasteiger charge is 2.02. The third-order valence-electron chi connectivity index (χ3n) is 1.84. The van der Waals surface area contributed by atoms with Gasteiger partial charge in [0.1, 0.15) is 5.52 Å². The number of aryl methyl sites for hydroxylation is 1. The van der Waals surface area contributed by atoms with Crippen molar-refractivity contribution in [3.63, 3.8) is 0 Å². The monoisotopic (exact) mass is 172 g/mol.